The van der Waals surface area contributed by atoms with Crippen LogP contribution < -0.4 is 5.32 Å². The molecule has 17 heavy (non-hydrogen) atoms. The molecule has 2 rings (SSSR count). The number of aryl methyl sites for hydroxylation is 1. The van der Waals surface area contributed by atoms with E-state index in [2.05, 4.69) is 15.5 Å². The molecule has 5 nitrogen and oxygen atoms in total. The number of thioether (sulfide) groups is 1. The van der Waals surface area contributed by atoms with Crippen molar-refractivity contribution in [2.45, 2.75) is 25.9 Å². The van der Waals surface area contributed by atoms with Gasteiger partial charge in [-0.1, -0.05) is 16.9 Å². The van der Waals surface area contributed by atoms with E-state index in [1.165, 1.54) is 0 Å². The maximum Gasteiger partial charge on any atom is 0.157 e. The van der Waals surface area contributed by atoms with E-state index >= 15 is 0 Å². The Morgan fingerprint density at radius 2 is 2.59 bits per heavy atom. The number of amidine groups is 1. The van der Waals surface area contributed by atoms with Crippen LogP contribution in [0.25, 0.3) is 0 Å². The van der Waals surface area contributed by atoms with E-state index in [0.717, 1.165) is 35.4 Å². The van der Waals surface area contributed by atoms with E-state index in [-0.39, 0.29) is 0 Å². The second-order valence-corrected chi connectivity index (χ2v) is 4.99. The molecule has 1 aliphatic rings. The van der Waals surface area contributed by atoms with Crippen LogP contribution in [0.1, 0.15) is 17.9 Å². The zero-order valence-electron chi connectivity index (χ0n) is 10.1. The maximum atomic E-state index is 5.06. The molecule has 0 spiro atoms. The summed E-state index contributed by atoms with van der Waals surface area (Å²) >= 11 is 1.75. The fourth-order valence-corrected chi connectivity index (χ4v) is 2.60. The summed E-state index contributed by atoms with van der Waals surface area (Å²) in [4.78, 5) is 4.47. The molecule has 1 saturated heterocycles. The molecule has 0 bridgehead atoms. The summed E-state index contributed by atoms with van der Waals surface area (Å²) in [5.74, 6) is 1.88. The molecular formula is C11H17N3O2S. The van der Waals surface area contributed by atoms with Gasteiger partial charge in [0.05, 0.1) is 6.54 Å². The molecule has 2 heterocycles. The van der Waals surface area contributed by atoms with Gasteiger partial charge < -0.3 is 14.6 Å². The zero-order valence-corrected chi connectivity index (χ0v) is 10.9. The number of ether oxygens (including phenoxy) is 1. The third-order valence-electron chi connectivity index (χ3n) is 2.48. The number of hydrogen-bond acceptors (Lipinski definition) is 5. The van der Waals surface area contributed by atoms with Crippen molar-refractivity contribution in [3.8, 4) is 0 Å². The van der Waals surface area contributed by atoms with Crippen molar-refractivity contribution in [1.29, 1.82) is 0 Å². The summed E-state index contributed by atoms with van der Waals surface area (Å²) in [6.45, 7) is 3.24. The highest BCUT2D eigenvalue weighted by Crippen LogP contribution is 2.16. The first-order valence-electron chi connectivity index (χ1n) is 5.63. The van der Waals surface area contributed by atoms with Crippen molar-refractivity contribution >= 4 is 16.9 Å². The van der Waals surface area contributed by atoms with Crippen molar-refractivity contribution in [3.63, 3.8) is 0 Å². The van der Waals surface area contributed by atoms with Crippen molar-refractivity contribution in [3.05, 3.63) is 17.5 Å². The van der Waals surface area contributed by atoms with Crippen LogP contribution in [0.4, 0.5) is 0 Å². The van der Waals surface area contributed by atoms with Gasteiger partial charge in [0, 0.05) is 31.6 Å². The predicted octanol–water partition coefficient (Wildman–Crippen LogP) is 1.58. The minimum absolute atomic E-state index is 0.470. The molecule has 1 aromatic heterocycles. The molecule has 1 fully saturated rings. The Balaban J connectivity index is 1.79. The van der Waals surface area contributed by atoms with Crippen molar-refractivity contribution < 1.29 is 9.26 Å². The van der Waals surface area contributed by atoms with Crippen LogP contribution in [-0.4, -0.2) is 35.8 Å². The van der Waals surface area contributed by atoms with Crippen LogP contribution in [0, 0.1) is 6.92 Å². The van der Waals surface area contributed by atoms with Crippen LogP contribution in [0.5, 0.6) is 0 Å². The SMILES string of the molecule is COCCC1CSC(=NCc2cc(C)on2)N1. The van der Waals surface area contributed by atoms with Gasteiger partial charge in [-0.3, -0.25) is 4.99 Å². The number of nitrogens with zero attached hydrogens (tertiary/aromatic N) is 2. The number of nitrogens with one attached hydrogen (secondary N) is 1. The van der Waals surface area contributed by atoms with E-state index in [9.17, 15) is 0 Å². The second kappa shape index (κ2) is 6.07. The van der Waals surface area contributed by atoms with Gasteiger partial charge in [-0.25, -0.2) is 0 Å². The van der Waals surface area contributed by atoms with E-state index in [0.29, 0.717) is 12.6 Å². The molecule has 1 atom stereocenters. The van der Waals surface area contributed by atoms with Crippen LogP contribution in [-0.2, 0) is 11.3 Å². The summed E-state index contributed by atoms with van der Waals surface area (Å²) in [5.41, 5.74) is 0.873. The highest BCUT2D eigenvalue weighted by Gasteiger charge is 2.19. The molecule has 1 N–H and O–H groups in total. The monoisotopic (exact) mass is 255 g/mol. The second-order valence-electron chi connectivity index (χ2n) is 3.98. The van der Waals surface area contributed by atoms with Gasteiger partial charge in [0.1, 0.15) is 11.5 Å². The Bertz CT molecular complexity index is 392. The average Bonchev–Trinajstić information content (AvgIpc) is 2.93. The lowest BCUT2D eigenvalue weighted by atomic mass is 10.2. The number of hydrogen-bond donors (Lipinski definition) is 1. The van der Waals surface area contributed by atoms with Crippen molar-refractivity contribution in [2.24, 2.45) is 4.99 Å². The highest BCUT2D eigenvalue weighted by atomic mass is 32.2. The first kappa shape index (κ1) is 12.4. The molecule has 0 saturated carbocycles. The summed E-state index contributed by atoms with van der Waals surface area (Å²) in [6.07, 6.45) is 1.02. The Morgan fingerprint density at radius 1 is 1.71 bits per heavy atom. The lowest BCUT2D eigenvalue weighted by Crippen LogP contribution is -2.28. The smallest absolute Gasteiger partial charge is 0.157 e. The minimum Gasteiger partial charge on any atom is -0.385 e. The lowest BCUT2D eigenvalue weighted by molar-refractivity contribution is 0.188. The molecule has 0 radical (unpaired) electrons. The van der Waals surface area contributed by atoms with Crippen LogP contribution in [0.3, 0.4) is 0 Å². The van der Waals surface area contributed by atoms with Crippen molar-refractivity contribution in [2.75, 3.05) is 19.5 Å². The Hall–Kier alpha value is -1.01. The fraction of sp³-hybridized carbons (Fsp3) is 0.636. The average molecular weight is 255 g/mol. The van der Waals surface area contributed by atoms with Gasteiger partial charge >= 0.3 is 0 Å². The van der Waals surface area contributed by atoms with E-state index in [1.54, 1.807) is 18.9 Å². The number of rotatable bonds is 5. The fourth-order valence-electron chi connectivity index (χ4n) is 1.59. The first-order chi connectivity index (χ1) is 8.28. The number of methoxy groups -OCH3 is 1. The van der Waals surface area contributed by atoms with Gasteiger partial charge in [0.25, 0.3) is 0 Å². The molecule has 94 valence electrons. The van der Waals surface area contributed by atoms with Crippen molar-refractivity contribution in [1.82, 2.24) is 10.5 Å². The Kier molecular flexibility index (Phi) is 4.44. The van der Waals surface area contributed by atoms with Gasteiger partial charge in [0.15, 0.2) is 5.17 Å². The topological polar surface area (TPSA) is 59.7 Å². The summed E-state index contributed by atoms with van der Waals surface area (Å²) < 4.78 is 10.1. The van der Waals surface area contributed by atoms with Gasteiger partial charge in [-0.2, -0.15) is 0 Å². The number of aliphatic imine (C=N–C) groups is 1. The van der Waals surface area contributed by atoms with E-state index in [1.807, 2.05) is 13.0 Å². The molecule has 6 heteroatoms. The maximum absolute atomic E-state index is 5.06. The summed E-state index contributed by atoms with van der Waals surface area (Å²) in [7, 11) is 1.73. The number of aromatic nitrogens is 1. The molecule has 0 aliphatic carbocycles. The van der Waals surface area contributed by atoms with Crippen LogP contribution in [0.15, 0.2) is 15.6 Å². The minimum atomic E-state index is 0.470. The van der Waals surface area contributed by atoms with Crippen LogP contribution in [0.2, 0.25) is 0 Å². The molecule has 1 aliphatic heterocycles. The van der Waals surface area contributed by atoms with E-state index in [4.69, 9.17) is 9.26 Å². The largest absolute Gasteiger partial charge is 0.385 e. The molecule has 0 aromatic carbocycles. The van der Waals surface area contributed by atoms with Gasteiger partial charge in [-0.15, -0.1) is 0 Å². The zero-order chi connectivity index (χ0) is 12.1. The lowest BCUT2D eigenvalue weighted by Gasteiger charge is -2.07. The predicted molar refractivity (Wildman–Crippen MR) is 68.3 cm³/mol. The standard InChI is InChI=1S/C11H17N3O2S/c1-8-5-10(14-16-8)6-12-11-13-9(7-17-11)3-4-15-2/h5,9H,3-4,6-7H2,1-2H3,(H,12,13). The Morgan fingerprint density at radius 3 is 3.29 bits per heavy atom. The first-order valence-corrected chi connectivity index (χ1v) is 6.61. The third kappa shape index (κ3) is 3.74. The summed E-state index contributed by atoms with van der Waals surface area (Å²) in [6, 6.07) is 2.38. The molecule has 1 aromatic rings. The quantitative estimate of drug-likeness (QED) is 0.865. The van der Waals surface area contributed by atoms with Crippen LogP contribution >= 0.6 is 11.8 Å². The molecular weight excluding hydrogens is 238 g/mol. The molecule has 1 unspecified atom stereocenters. The normalized spacial score (nSPS) is 22.0. The van der Waals surface area contributed by atoms with Gasteiger partial charge in [-0.05, 0) is 13.3 Å². The highest BCUT2D eigenvalue weighted by molar-refractivity contribution is 8.14. The van der Waals surface area contributed by atoms with E-state index < -0.39 is 0 Å². The Labute approximate surface area is 105 Å². The van der Waals surface area contributed by atoms with Gasteiger partial charge in [0.2, 0.25) is 0 Å². The third-order valence-corrected chi connectivity index (χ3v) is 3.57. The molecule has 0 amide bonds. The summed E-state index contributed by atoms with van der Waals surface area (Å²) in [5, 5.41) is 8.28.